The lowest BCUT2D eigenvalue weighted by Gasteiger charge is -2.25. The van der Waals surface area contributed by atoms with Crippen molar-refractivity contribution in [2.45, 2.75) is 31.8 Å². The molecule has 3 aliphatic rings. The molecule has 1 saturated carbocycles. The van der Waals surface area contributed by atoms with E-state index in [2.05, 4.69) is 29.2 Å². The first-order chi connectivity index (χ1) is 14.7. The van der Waals surface area contributed by atoms with Crippen LogP contribution < -0.4 is 0 Å². The molecule has 2 aliphatic heterocycles. The lowest BCUT2D eigenvalue weighted by atomic mass is 9.90. The topological polar surface area (TPSA) is 49.9 Å². The average Bonchev–Trinajstić information content (AvgIpc) is 3.43. The van der Waals surface area contributed by atoms with Crippen molar-refractivity contribution in [1.82, 2.24) is 9.80 Å². The van der Waals surface area contributed by atoms with Crippen LogP contribution in [0.2, 0.25) is 0 Å². The van der Waals surface area contributed by atoms with E-state index in [4.69, 9.17) is 4.74 Å². The van der Waals surface area contributed by atoms with Crippen molar-refractivity contribution >= 4 is 12.0 Å². The molecule has 30 heavy (non-hydrogen) atoms. The Hall–Kier alpha value is -2.66. The summed E-state index contributed by atoms with van der Waals surface area (Å²) in [6, 6.07) is 20.2. The van der Waals surface area contributed by atoms with Crippen LogP contribution in [0.1, 0.15) is 24.0 Å². The zero-order valence-corrected chi connectivity index (χ0v) is 17.2. The summed E-state index contributed by atoms with van der Waals surface area (Å²) in [6.07, 6.45) is 2.57. The van der Waals surface area contributed by atoms with Crippen LogP contribution in [0.15, 0.2) is 60.7 Å². The van der Waals surface area contributed by atoms with Gasteiger partial charge in [0.1, 0.15) is 6.61 Å². The summed E-state index contributed by atoms with van der Waals surface area (Å²) in [7, 11) is 0. The highest BCUT2D eigenvalue weighted by atomic mass is 16.6. The third-order valence-electron chi connectivity index (χ3n) is 6.75. The molecule has 1 aliphatic carbocycles. The van der Waals surface area contributed by atoms with Gasteiger partial charge in [0, 0.05) is 19.6 Å². The molecule has 0 aromatic heterocycles. The fraction of sp³-hybridized carbons (Fsp3) is 0.440. The van der Waals surface area contributed by atoms with Crippen molar-refractivity contribution in [3.05, 3.63) is 71.8 Å². The zero-order chi connectivity index (χ0) is 20.5. The van der Waals surface area contributed by atoms with Gasteiger partial charge in [-0.2, -0.15) is 0 Å². The second-order valence-corrected chi connectivity index (χ2v) is 8.92. The molecule has 1 unspecified atom stereocenters. The molecule has 5 nitrogen and oxygen atoms in total. The van der Waals surface area contributed by atoms with Crippen LogP contribution in [0.25, 0.3) is 0 Å². The van der Waals surface area contributed by atoms with Gasteiger partial charge in [-0.1, -0.05) is 60.7 Å². The Morgan fingerprint density at radius 3 is 2.27 bits per heavy atom. The maximum absolute atomic E-state index is 13.6. The van der Waals surface area contributed by atoms with E-state index in [1.165, 1.54) is 23.3 Å². The Morgan fingerprint density at radius 2 is 1.60 bits per heavy atom. The molecular weight excluding hydrogens is 376 g/mol. The van der Waals surface area contributed by atoms with Crippen LogP contribution in [0.3, 0.4) is 0 Å². The summed E-state index contributed by atoms with van der Waals surface area (Å²) in [5.74, 6) is 0.800. The highest BCUT2D eigenvalue weighted by Crippen LogP contribution is 2.45. The number of carbonyl (C=O) groups excluding carboxylic acids is 2. The number of imide groups is 1. The van der Waals surface area contributed by atoms with Crippen molar-refractivity contribution in [2.75, 3.05) is 19.7 Å². The van der Waals surface area contributed by atoms with Gasteiger partial charge >= 0.3 is 6.09 Å². The van der Waals surface area contributed by atoms with Gasteiger partial charge in [-0.3, -0.25) is 9.69 Å². The first kappa shape index (κ1) is 19.3. The summed E-state index contributed by atoms with van der Waals surface area (Å²) in [4.78, 5) is 29.9. The van der Waals surface area contributed by atoms with E-state index < -0.39 is 6.09 Å². The number of cyclic esters (lactones) is 1. The molecule has 2 heterocycles. The Morgan fingerprint density at radius 1 is 0.933 bits per heavy atom. The first-order valence-electron chi connectivity index (χ1n) is 11.0. The number of amides is 2. The molecule has 2 saturated heterocycles. The summed E-state index contributed by atoms with van der Waals surface area (Å²) >= 11 is 0. The summed E-state index contributed by atoms with van der Waals surface area (Å²) in [5, 5.41) is 0. The molecule has 0 N–H and O–H groups in total. The minimum absolute atomic E-state index is 0.0362. The molecule has 5 rings (SSSR count). The quantitative estimate of drug-likeness (QED) is 0.736. The van der Waals surface area contributed by atoms with Gasteiger partial charge in [0.25, 0.3) is 0 Å². The highest BCUT2D eigenvalue weighted by molar-refractivity contribution is 5.95. The molecule has 156 valence electrons. The minimum atomic E-state index is -0.475. The van der Waals surface area contributed by atoms with Gasteiger partial charge in [-0.05, 0) is 42.2 Å². The van der Waals surface area contributed by atoms with Gasteiger partial charge in [-0.15, -0.1) is 0 Å². The molecule has 2 aromatic rings. The number of nitrogens with zero attached hydrogens (tertiary/aromatic N) is 2. The Balaban J connectivity index is 1.32. The number of likely N-dealkylation sites (tertiary alicyclic amines) is 1. The van der Waals surface area contributed by atoms with Crippen LogP contribution in [-0.4, -0.2) is 47.5 Å². The van der Waals surface area contributed by atoms with E-state index in [1.54, 1.807) is 0 Å². The SMILES string of the molecule is O=C1OCC(Cc2ccccc2)N1C(=O)[C@@H]1CN(Cc2ccccc2)C[C@H]1C1CC1. The number of hydrogen-bond acceptors (Lipinski definition) is 4. The molecular formula is C25H28N2O3. The largest absolute Gasteiger partial charge is 0.447 e. The van der Waals surface area contributed by atoms with Crippen LogP contribution in [0.4, 0.5) is 4.79 Å². The predicted octanol–water partition coefficient (Wildman–Crippen LogP) is 3.73. The molecule has 0 spiro atoms. The number of rotatable bonds is 6. The second-order valence-electron chi connectivity index (χ2n) is 8.92. The maximum atomic E-state index is 13.6. The van der Waals surface area contributed by atoms with Crippen molar-refractivity contribution in [2.24, 2.45) is 17.8 Å². The summed E-state index contributed by atoms with van der Waals surface area (Å²) in [6.45, 7) is 2.79. The normalized spacial score (nSPS) is 26.7. The number of hydrogen-bond donors (Lipinski definition) is 0. The van der Waals surface area contributed by atoms with E-state index in [0.29, 0.717) is 18.3 Å². The Labute approximate surface area is 177 Å². The van der Waals surface area contributed by atoms with Gasteiger partial charge in [0.05, 0.1) is 12.0 Å². The molecule has 2 amide bonds. The molecule has 2 aromatic carbocycles. The van der Waals surface area contributed by atoms with Gasteiger partial charge < -0.3 is 4.74 Å². The molecule has 0 bridgehead atoms. The first-order valence-corrected chi connectivity index (χ1v) is 11.0. The van der Waals surface area contributed by atoms with E-state index >= 15 is 0 Å². The molecule has 0 radical (unpaired) electrons. The number of benzene rings is 2. The maximum Gasteiger partial charge on any atom is 0.416 e. The minimum Gasteiger partial charge on any atom is -0.447 e. The fourth-order valence-corrected chi connectivity index (χ4v) is 5.09. The Kier molecular flexibility index (Phi) is 5.30. The van der Waals surface area contributed by atoms with Crippen molar-refractivity contribution in [3.8, 4) is 0 Å². The standard InChI is InChI=1S/C25H28N2O3/c28-24(27-21(17-30-25(27)29)13-18-7-3-1-4-8-18)23-16-26(15-22(23)20-11-12-20)14-19-9-5-2-6-10-19/h1-10,20-23H,11-17H2/t21?,22-,23+/m0/s1. The monoisotopic (exact) mass is 404 g/mol. The van der Waals surface area contributed by atoms with Crippen LogP contribution in [-0.2, 0) is 22.5 Å². The third kappa shape index (κ3) is 3.99. The highest BCUT2D eigenvalue weighted by Gasteiger charge is 2.50. The second kappa shape index (κ2) is 8.23. The van der Waals surface area contributed by atoms with E-state index in [0.717, 1.165) is 25.2 Å². The molecule has 3 fully saturated rings. The van der Waals surface area contributed by atoms with Crippen LogP contribution >= 0.6 is 0 Å². The molecule has 5 heteroatoms. The van der Waals surface area contributed by atoms with Crippen molar-refractivity contribution in [3.63, 3.8) is 0 Å². The number of carbonyl (C=O) groups is 2. The van der Waals surface area contributed by atoms with E-state index in [9.17, 15) is 9.59 Å². The lowest BCUT2D eigenvalue weighted by Crippen LogP contribution is -2.45. The van der Waals surface area contributed by atoms with Crippen LogP contribution in [0.5, 0.6) is 0 Å². The van der Waals surface area contributed by atoms with Gasteiger partial charge in [-0.25, -0.2) is 9.69 Å². The smallest absolute Gasteiger partial charge is 0.416 e. The van der Waals surface area contributed by atoms with Gasteiger partial charge in [0.2, 0.25) is 5.91 Å². The predicted molar refractivity (Wildman–Crippen MR) is 114 cm³/mol. The Bertz CT molecular complexity index is 897. The number of ether oxygens (including phenoxy) is 1. The van der Waals surface area contributed by atoms with Crippen molar-refractivity contribution in [1.29, 1.82) is 0 Å². The van der Waals surface area contributed by atoms with Gasteiger partial charge in [0.15, 0.2) is 0 Å². The molecule has 3 atom stereocenters. The lowest BCUT2D eigenvalue weighted by molar-refractivity contribution is -0.134. The van der Waals surface area contributed by atoms with Crippen molar-refractivity contribution < 1.29 is 14.3 Å². The zero-order valence-electron chi connectivity index (χ0n) is 17.2. The fourth-order valence-electron chi connectivity index (χ4n) is 5.09. The van der Waals surface area contributed by atoms with E-state index in [-0.39, 0.29) is 24.5 Å². The summed E-state index contributed by atoms with van der Waals surface area (Å²) in [5.41, 5.74) is 2.39. The third-order valence-corrected chi connectivity index (χ3v) is 6.75. The average molecular weight is 405 g/mol. The van der Waals surface area contributed by atoms with Crippen LogP contribution in [0, 0.1) is 17.8 Å². The summed E-state index contributed by atoms with van der Waals surface area (Å²) < 4.78 is 5.32. The van der Waals surface area contributed by atoms with E-state index in [1.807, 2.05) is 36.4 Å².